The fourth-order valence-electron chi connectivity index (χ4n) is 4.13. The number of aryl methyl sites for hydroxylation is 1. The zero-order valence-corrected chi connectivity index (χ0v) is 20.0. The van der Waals surface area contributed by atoms with Crippen LogP contribution in [0.15, 0.2) is 77.3 Å². The molecule has 0 bridgehead atoms. The second-order valence-corrected chi connectivity index (χ2v) is 8.54. The molecule has 1 aromatic heterocycles. The van der Waals surface area contributed by atoms with Crippen molar-refractivity contribution in [1.82, 2.24) is 5.16 Å². The zero-order valence-electron chi connectivity index (χ0n) is 20.0. The van der Waals surface area contributed by atoms with E-state index in [4.69, 9.17) is 9.26 Å². The Hall–Kier alpha value is -3.37. The predicted octanol–water partition coefficient (Wildman–Crippen LogP) is 5.34. The lowest BCUT2D eigenvalue weighted by Crippen LogP contribution is -3.10. The van der Waals surface area contributed by atoms with Crippen molar-refractivity contribution in [2.75, 3.05) is 20.2 Å². The van der Waals surface area contributed by atoms with E-state index in [1.807, 2.05) is 12.1 Å². The van der Waals surface area contributed by atoms with E-state index >= 15 is 0 Å². The molecule has 1 heterocycles. The summed E-state index contributed by atoms with van der Waals surface area (Å²) in [5.41, 5.74) is 8.11. The maximum atomic E-state index is 5.92. The van der Waals surface area contributed by atoms with Gasteiger partial charge in [-0.3, -0.25) is 0 Å². The Kier molecular flexibility index (Phi) is 7.26. The van der Waals surface area contributed by atoms with Crippen LogP contribution in [0, 0.1) is 6.92 Å². The van der Waals surface area contributed by atoms with E-state index in [0.717, 1.165) is 48.8 Å². The Morgan fingerprint density at radius 3 is 1.94 bits per heavy atom. The Morgan fingerprint density at radius 1 is 0.788 bits per heavy atom. The molecule has 0 saturated heterocycles. The van der Waals surface area contributed by atoms with E-state index in [0.29, 0.717) is 0 Å². The second-order valence-electron chi connectivity index (χ2n) is 8.54. The topological polar surface area (TPSA) is 39.7 Å². The second kappa shape index (κ2) is 10.5. The fraction of sp³-hybridized carbons (Fsp3) is 0.276. The van der Waals surface area contributed by atoms with E-state index in [-0.39, 0.29) is 0 Å². The summed E-state index contributed by atoms with van der Waals surface area (Å²) in [6, 6.07) is 25.5. The highest BCUT2D eigenvalue weighted by Crippen LogP contribution is 2.29. The van der Waals surface area contributed by atoms with Gasteiger partial charge in [0.05, 0.1) is 20.2 Å². The number of aromatic nitrogens is 1. The van der Waals surface area contributed by atoms with Gasteiger partial charge < -0.3 is 14.2 Å². The van der Waals surface area contributed by atoms with Gasteiger partial charge in [0.15, 0.2) is 5.76 Å². The van der Waals surface area contributed by atoms with Crippen LogP contribution in [0.3, 0.4) is 0 Å². The van der Waals surface area contributed by atoms with Crippen molar-refractivity contribution in [2.45, 2.75) is 33.7 Å². The lowest BCUT2D eigenvalue weighted by atomic mass is 9.96. The van der Waals surface area contributed by atoms with Gasteiger partial charge in [0.25, 0.3) is 0 Å². The van der Waals surface area contributed by atoms with Gasteiger partial charge in [-0.25, -0.2) is 0 Å². The first-order chi connectivity index (χ1) is 16.1. The summed E-state index contributed by atoms with van der Waals surface area (Å²) in [5, 5.41) is 4.52. The van der Waals surface area contributed by atoms with Crippen molar-refractivity contribution in [3.8, 4) is 28.1 Å². The number of nitrogens with zero attached hydrogens (tertiary/aromatic N) is 1. The Labute approximate surface area is 196 Å². The van der Waals surface area contributed by atoms with Crippen LogP contribution < -0.4 is 9.64 Å². The van der Waals surface area contributed by atoms with Crippen molar-refractivity contribution in [1.29, 1.82) is 0 Å². The molecule has 0 atom stereocenters. The number of rotatable bonds is 9. The molecular weight excluding hydrogens is 408 g/mol. The summed E-state index contributed by atoms with van der Waals surface area (Å²) < 4.78 is 11.2. The lowest BCUT2D eigenvalue weighted by Gasteiger charge is -2.14. The normalized spacial score (nSPS) is 11.2. The minimum absolute atomic E-state index is 0.797. The van der Waals surface area contributed by atoms with Gasteiger partial charge in [-0.05, 0) is 49.6 Å². The third-order valence-electron chi connectivity index (χ3n) is 6.36. The van der Waals surface area contributed by atoms with Gasteiger partial charge in [-0.1, -0.05) is 71.4 Å². The molecule has 4 rings (SSSR count). The molecule has 170 valence electrons. The van der Waals surface area contributed by atoms with Crippen LogP contribution in [0.2, 0.25) is 0 Å². The van der Waals surface area contributed by atoms with E-state index in [1.165, 1.54) is 32.7 Å². The van der Waals surface area contributed by atoms with Crippen LogP contribution in [-0.2, 0) is 13.0 Å². The van der Waals surface area contributed by atoms with Crippen LogP contribution >= 0.6 is 0 Å². The number of hydrogen-bond donors (Lipinski definition) is 1. The lowest BCUT2D eigenvalue weighted by molar-refractivity contribution is -0.911. The molecule has 0 unspecified atom stereocenters. The molecule has 0 aliphatic carbocycles. The van der Waals surface area contributed by atoms with Crippen LogP contribution in [0.25, 0.3) is 22.4 Å². The zero-order chi connectivity index (χ0) is 23.2. The summed E-state index contributed by atoms with van der Waals surface area (Å²) in [6.07, 6.45) is 0.797. The average Bonchev–Trinajstić information content (AvgIpc) is 3.25. The van der Waals surface area contributed by atoms with Gasteiger partial charge in [-0.15, -0.1) is 0 Å². The van der Waals surface area contributed by atoms with Gasteiger partial charge in [0.2, 0.25) is 0 Å². The number of methoxy groups -OCH3 is 1. The molecule has 0 saturated carbocycles. The van der Waals surface area contributed by atoms with Crippen molar-refractivity contribution < 1.29 is 14.2 Å². The minimum atomic E-state index is 0.797. The van der Waals surface area contributed by atoms with Crippen LogP contribution in [-0.4, -0.2) is 25.4 Å². The standard InChI is InChI=1S/C29H32N2O2/c1-5-31(6-2)20-28-27(29(30-33-28)25-11-7-21(3)8-12-25)19-22-9-13-23(14-10-22)24-15-17-26(32-4)18-16-24/h7-18H,5-6,19-20H2,1-4H3/p+1. The van der Waals surface area contributed by atoms with Crippen LogP contribution in [0.4, 0.5) is 0 Å². The smallest absolute Gasteiger partial charge is 0.194 e. The monoisotopic (exact) mass is 441 g/mol. The third kappa shape index (κ3) is 5.35. The van der Waals surface area contributed by atoms with Gasteiger partial charge in [0.1, 0.15) is 18.0 Å². The van der Waals surface area contributed by atoms with Gasteiger partial charge in [0, 0.05) is 17.5 Å². The molecule has 0 aliphatic heterocycles. The van der Waals surface area contributed by atoms with Crippen molar-refractivity contribution in [2.24, 2.45) is 0 Å². The maximum Gasteiger partial charge on any atom is 0.194 e. The maximum absolute atomic E-state index is 5.92. The molecule has 0 aliphatic rings. The van der Waals surface area contributed by atoms with E-state index < -0.39 is 0 Å². The first-order valence-corrected chi connectivity index (χ1v) is 11.7. The number of hydrogen-bond acceptors (Lipinski definition) is 3. The van der Waals surface area contributed by atoms with Crippen molar-refractivity contribution in [3.63, 3.8) is 0 Å². The first-order valence-electron chi connectivity index (χ1n) is 11.7. The Balaban J connectivity index is 1.63. The number of quaternary nitrogens is 1. The van der Waals surface area contributed by atoms with Crippen molar-refractivity contribution >= 4 is 0 Å². The number of ether oxygens (including phenoxy) is 1. The quantitative estimate of drug-likeness (QED) is 0.381. The van der Waals surface area contributed by atoms with Gasteiger partial charge in [-0.2, -0.15) is 0 Å². The molecule has 1 N–H and O–H groups in total. The Bertz CT molecular complexity index is 1160. The molecule has 0 radical (unpaired) electrons. The SMILES string of the molecule is CC[NH+](CC)Cc1onc(-c2ccc(C)cc2)c1Cc1ccc(-c2ccc(OC)cc2)cc1. The van der Waals surface area contributed by atoms with E-state index in [2.05, 4.69) is 86.6 Å². The highest BCUT2D eigenvalue weighted by molar-refractivity contribution is 5.66. The van der Waals surface area contributed by atoms with E-state index in [1.54, 1.807) is 7.11 Å². The molecule has 3 aromatic carbocycles. The van der Waals surface area contributed by atoms with Gasteiger partial charge >= 0.3 is 0 Å². The van der Waals surface area contributed by atoms with Crippen LogP contribution in [0.1, 0.15) is 36.3 Å². The summed E-state index contributed by atoms with van der Waals surface area (Å²) in [4.78, 5) is 1.48. The summed E-state index contributed by atoms with van der Waals surface area (Å²) in [6.45, 7) is 9.51. The summed E-state index contributed by atoms with van der Waals surface area (Å²) >= 11 is 0. The first kappa shape index (κ1) is 22.8. The van der Waals surface area contributed by atoms with E-state index in [9.17, 15) is 0 Å². The molecule has 0 fully saturated rings. The number of nitrogens with one attached hydrogen (secondary N) is 1. The fourth-order valence-corrected chi connectivity index (χ4v) is 4.13. The molecule has 0 spiro atoms. The average molecular weight is 442 g/mol. The molecule has 4 nitrogen and oxygen atoms in total. The highest BCUT2D eigenvalue weighted by Gasteiger charge is 2.21. The number of benzene rings is 3. The molecule has 0 amide bonds. The van der Waals surface area contributed by atoms with Crippen molar-refractivity contribution in [3.05, 3.63) is 95.2 Å². The largest absolute Gasteiger partial charge is 0.497 e. The molecule has 4 heteroatoms. The minimum Gasteiger partial charge on any atom is -0.497 e. The molecule has 4 aromatic rings. The third-order valence-corrected chi connectivity index (χ3v) is 6.36. The van der Waals surface area contributed by atoms with Crippen LogP contribution in [0.5, 0.6) is 5.75 Å². The summed E-state index contributed by atoms with van der Waals surface area (Å²) in [7, 11) is 1.69. The highest BCUT2D eigenvalue weighted by atomic mass is 16.5. The molecule has 33 heavy (non-hydrogen) atoms. The Morgan fingerprint density at radius 2 is 1.36 bits per heavy atom. The summed E-state index contributed by atoms with van der Waals surface area (Å²) in [5.74, 6) is 1.86. The molecular formula is C29H33N2O2+. The predicted molar refractivity (Wildman–Crippen MR) is 134 cm³/mol.